The van der Waals surface area contributed by atoms with Gasteiger partial charge in [-0.2, -0.15) is 0 Å². The summed E-state index contributed by atoms with van der Waals surface area (Å²) in [5.41, 5.74) is 0.575. The number of hydrogen-bond donors (Lipinski definition) is 0. The van der Waals surface area contributed by atoms with E-state index < -0.39 is 15.1 Å². The van der Waals surface area contributed by atoms with Crippen LogP contribution in [0.5, 0.6) is 5.88 Å². The molecule has 0 N–H and O–H groups in total. The summed E-state index contributed by atoms with van der Waals surface area (Å²) >= 11 is 0. The molecule has 3 atom stereocenters. The second-order valence-corrected chi connectivity index (χ2v) is 9.10. The molecule has 0 saturated carbocycles. The number of amides is 1. The topological polar surface area (TPSA) is 76.6 Å². The molecule has 0 unspecified atom stereocenters. The van der Waals surface area contributed by atoms with Gasteiger partial charge in [0.1, 0.15) is 6.10 Å². The maximum atomic E-state index is 12.7. The molecule has 2 fully saturated rings. The lowest BCUT2D eigenvalue weighted by molar-refractivity contribution is 0.0760. The molecule has 0 spiro atoms. The number of sulfone groups is 1. The second-order valence-electron chi connectivity index (χ2n) is 6.76. The van der Waals surface area contributed by atoms with Crippen molar-refractivity contribution in [1.29, 1.82) is 0 Å². The SMILES string of the molecule is O=C(c1ccccc1)N1C[C@@H]2[C@@H](Oc3ccccn3)CCS(=O)(=O)[C@@H]2C1. The van der Waals surface area contributed by atoms with Gasteiger partial charge in [0, 0.05) is 36.8 Å². The number of nitrogens with zero attached hydrogens (tertiary/aromatic N) is 2. The van der Waals surface area contributed by atoms with E-state index in [4.69, 9.17) is 4.74 Å². The van der Waals surface area contributed by atoms with Crippen LogP contribution in [0.15, 0.2) is 54.7 Å². The molecule has 1 aromatic heterocycles. The molecule has 3 heterocycles. The molecule has 6 nitrogen and oxygen atoms in total. The van der Waals surface area contributed by atoms with E-state index in [9.17, 15) is 13.2 Å². The predicted octanol–water partition coefficient (Wildman–Crippen LogP) is 1.79. The summed E-state index contributed by atoms with van der Waals surface area (Å²) in [6.45, 7) is 0.609. The van der Waals surface area contributed by atoms with Crippen molar-refractivity contribution in [3.8, 4) is 5.88 Å². The number of carbonyl (C=O) groups is 1. The smallest absolute Gasteiger partial charge is 0.253 e. The summed E-state index contributed by atoms with van der Waals surface area (Å²) in [6.07, 6.45) is 1.81. The van der Waals surface area contributed by atoms with Gasteiger partial charge >= 0.3 is 0 Å². The van der Waals surface area contributed by atoms with E-state index in [-0.39, 0.29) is 30.2 Å². The average molecular weight is 372 g/mol. The highest BCUT2D eigenvalue weighted by atomic mass is 32.2. The third kappa shape index (κ3) is 3.19. The minimum Gasteiger partial charge on any atom is -0.474 e. The monoisotopic (exact) mass is 372 g/mol. The van der Waals surface area contributed by atoms with Crippen LogP contribution in [0, 0.1) is 5.92 Å². The Morgan fingerprint density at radius 1 is 1.08 bits per heavy atom. The van der Waals surface area contributed by atoms with Gasteiger partial charge in [0.15, 0.2) is 9.84 Å². The Balaban J connectivity index is 1.56. The van der Waals surface area contributed by atoms with Crippen LogP contribution in [-0.2, 0) is 9.84 Å². The van der Waals surface area contributed by atoms with Gasteiger partial charge < -0.3 is 9.64 Å². The first-order valence-electron chi connectivity index (χ1n) is 8.68. The number of pyridine rings is 1. The summed E-state index contributed by atoms with van der Waals surface area (Å²) in [6, 6.07) is 14.4. The Morgan fingerprint density at radius 3 is 2.58 bits per heavy atom. The van der Waals surface area contributed by atoms with E-state index in [1.807, 2.05) is 12.1 Å². The van der Waals surface area contributed by atoms with Crippen LogP contribution in [0.4, 0.5) is 0 Å². The van der Waals surface area contributed by atoms with Gasteiger partial charge in [-0.05, 0) is 24.6 Å². The van der Waals surface area contributed by atoms with Crippen LogP contribution in [0.25, 0.3) is 0 Å². The zero-order valence-corrected chi connectivity index (χ0v) is 15.0. The Hall–Kier alpha value is -2.41. The van der Waals surface area contributed by atoms with Crippen LogP contribution in [0.1, 0.15) is 16.8 Å². The molecule has 2 aromatic rings. The molecule has 0 radical (unpaired) electrons. The fraction of sp³-hybridized carbons (Fsp3) is 0.368. The number of likely N-dealkylation sites (tertiary alicyclic amines) is 1. The number of ether oxygens (including phenoxy) is 1. The van der Waals surface area contributed by atoms with Crippen molar-refractivity contribution in [3.63, 3.8) is 0 Å². The van der Waals surface area contributed by atoms with E-state index in [1.165, 1.54) is 0 Å². The van der Waals surface area contributed by atoms with Gasteiger partial charge in [-0.3, -0.25) is 4.79 Å². The molecule has 0 aliphatic carbocycles. The van der Waals surface area contributed by atoms with Crippen molar-refractivity contribution >= 4 is 15.7 Å². The lowest BCUT2D eigenvalue weighted by Crippen LogP contribution is -2.46. The molecule has 1 amide bonds. The number of rotatable bonds is 3. The average Bonchev–Trinajstić information content (AvgIpc) is 3.12. The Kier molecular flexibility index (Phi) is 4.40. The number of carbonyl (C=O) groups excluding carboxylic acids is 1. The van der Waals surface area contributed by atoms with Crippen LogP contribution < -0.4 is 4.74 Å². The van der Waals surface area contributed by atoms with Crippen molar-refractivity contribution in [2.45, 2.75) is 17.8 Å². The van der Waals surface area contributed by atoms with Gasteiger partial charge in [0.25, 0.3) is 5.91 Å². The van der Waals surface area contributed by atoms with Crippen molar-refractivity contribution in [3.05, 3.63) is 60.3 Å². The molecule has 1 aromatic carbocycles. The largest absolute Gasteiger partial charge is 0.474 e. The fourth-order valence-corrected chi connectivity index (χ4v) is 5.89. The minimum atomic E-state index is -3.23. The summed E-state index contributed by atoms with van der Waals surface area (Å²) in [5.74, 6) is 0.206. The van der Waals surface area contributed by atoms with E-state index in [2.05, 4.69) is 4.98 Å². The maximum Gasteiger partial charge on any atom is 0.253 e. The van der Waals surface area contributed by atoms with Gasteiger partial charge in [-0.1, -0.05) is 24.3 Å². The van der Waals surface area contributed by atoms with Gasteiger partial charge in [-0.25, -0.2) is 13.4 Å². The Morgan fingerprint density at radius 2 is 1.85 bits per heavy atom. The molecule has 136 valence electrons. The highest BCUT2D eigenvalue weighted by molar-refractivity contribution is 7.92. The third-order valence-electron chi connectivity index (χ3n) is 5.15. The molecule has 2 saturated heterocycles. The first-order valence-corrected chi connectivity index (χ1v) is 10.4. The number of benzene rings is 1. The van der Waals surface area contributed by atoms with E-state index in [0.717, 1.165) is 0 Å². The standard InChI is InChI=1S/C19H20N2O4S/c22-19(14-6-2-1-3-7-14)21-12-15-16(25-18-8-4-5-10-20-18)9-11-26(23,24)17(15)13-21/h1-8,10,15-17H,9,11-13H2/t15-,16+,17-/m1/s1. The van der Waals surface area contributed by atoms with E-state index >= 15 is 0 Å². The van der Waals surface area contributed by atoms with Gasteiger partial charge in [0.05, 0.1) is 11.0 Å². The summed E-state index contributed by atoms with van der Waals surface area (Å²) in [4.78, 5) is 18.6. The third-order valence-corrected chi connectivity index (χ3v) is 7.38. The first kappa shape index (κ1) is 17.0. The van der Waals surface area contributed by atoms with E-state index in [1.54, 1.807) is 47.5 Å². The summed E-state index contributed by atoms with van der Waals surface area (Å²) in [7, 11) is -3.23. The summed E-state index contributed by atoms with van der Waals surface area (Å²) in [5, 5.41) is -0.572. The van der Waals surface area contributed by atoms with Crippen molar-refractivity contribution in [1.82, 2.24) is 9.88 Å². The first-order chi connectivity index (χ1) is 12.5. The van der Waals surface area contributed by atoms with Crippen molar-refractivity contribution in [2.24, 2.45) is 5.92 Å². The van der Waals surface area contributed by atoms with Crippen LogP contribution in [-0.4, -0.2) is 54.4 Å². The quantitative estimate of drug-likeness (QED) is 0.821. The van der Waals surface area contributed by atoms with Crippen LogP contribution in [0.2, 0.25) is 0 Å². The normalized spacial score (nSPS) is 26.9. The molecule has 26 heavy (non-hydrogen) atoms. The molecular weight excluding hydrogens is 352 g/mol. The summed E-state index contributed by atoms with van der Waals surface area (Å²) < 4.78 is 31.1. The Labute approximate surface area is 152 Å². The molecular formula is C19H20N2O4S. The number of fused-ring (bicyclic) bond motifs is 1. The Bertz CT molecular complexity index is 886. The zero-order chi connectivity index (χ0) is 18.1. The second kappa shape index (κ2) is 6.72. The maximum absolute atomic E-state index is 12.7. The number of hydrogen-bond acceptors (Lipinski definition) is 5. The highest BCUT2D eigenvalue weighted by Gasteiger charge is 2.50. The van der Waals surface area contributed by atoms with Crippen molar-refractivity contribution in [2.75, 3.05) is 18.8 Å². The number of aromatic nitrogens is 1. The minimum absolute atomic E-state index is 0.0824. The van der Waals surface area contributed by atoms with Crippen molar-refractivity contribution < 1.29 is 17.9 Å². The van der Waals surface area contributed by atoms with Gasteiger partial charge in [-0.15, -0.1) is 0 Å². The molecule has 2 aliphatic heterocycles. The van der Waals surface area contributed by atoms with E-state index in [0.29, 0.717) is 24.4 Å². The highest BCUT2D eigenvalue weighted by Crippen LogP contribution is 2.35. The molecule has 0 bridgehead atoms. The predicted molar refractivity (Wildman–Crippen MR) is 96.7 cm³/mol. The van der Waals surface area contributed by atoms with Crippen LogP contribution >= 0.6 is 0 Å². The lowest BCUT2D eigenvalue weighted by atomic mass is 9.98. The zero-order valence-electron chi connectivity index (χ0n) is 14.2. The molecule has 4 rings (SSSR count). The fourth-order valence-electron chi connectivity index (χ4n) is 3.83. The van der Waals surface area contributed by atoms with Crippen LogP contribution in [0.3, 0.4) is 0 Å². The molecule has 2 aliphatic rings. The molecule has 7 heteroatoms. The lowest BCUT2D eigenvalue weighted by Gasteiger charge is -2.32. The van der Waals surface area contributed by atoms with Gasteiger partial charge in [0.2, 0.25) is 5.88 Å².